The molecule has 0 unspecified atom stereocenters. The Bertz CT molecular complexity index is 1950. The molecule has 0 spiro atoms. The van der Waals surface area contributed by atoms with Gasteiger partial charge in [0.05, 0.1) is 24.3 Å². The number of benzene rings is 3. The fourth-order valence-electron chi connectivity index (χ4n) is 6.44. The minimum absolute atomic E-state index is 0.0259. The average Bonchev–Trinajstić information content (AvgIpc) is 3.66. The predicted molar refractivity (Wildman–Crippen MR) is 158 cm³/mol. The van der Waals surface area contributed by atoms with Gasteiger partial charge < -0.3 is 33.6 Å². The van der Waals surface area contributed by atoms with Gasteiger partial charge in [0.1, 0.15) is 27.9 Å². The Kier molecular flexibility index (Phi) is 5.94. The second kappa shape index (κ2) is 9.85. The Morgan fingerprint density at radius 3 is 2.60 bits per heavy atom. The number of nitrogens with one attached hydrogen (secondary N) is 1. The van der Waals surface area contributed by atoms with E-state index in [1.807, 2.05) is 36.4 Å². The number of morpholine rings is 1. The average molecular weight is 569 g/mol. The molecule has 0 bridgehead atoms. The van der Waals surface area contributed by atoms with Crippen molar-refractivity contribution in [3.63, 3.8) is 0 Å². The third-order valence-corrected chi connectivity index (χ3v) is 8.58. The van der Waals surface area contributed by atoms with E-state index >= 15 is 4.39 Å². The second-order valence-corrected chi connectivity index (χ2v) is 11.1. The van der Waals surface area contributed by atoms with Crippen molar-refractivity contribution in [2.24, 2.45) is 0 Å². The number of aromatic nitrogens is 1. The van der Waals surface area contributed by atoms with Crippen LogP contribution in [0.15, 0.2) is 57.9 Å². The maximum Gasteiger partial charge on any atom is 0.259 e. The van der Waals surface area contributed by atoms with Crippen molar-refractivity contribution in [1.82, 2.24) is 14.4 Å². The molecule has 3 aliphatic rings. The summed E-state index contributed by atoms with van der Waals surface area (Å²) in [6, 6.07) is 12.7. The topological polar surface area (TPSA) is 89.2 Å². The summed E-state index contributed by atoms with van der Waals surface area (Å²) in [5, 5.41) is 5.12. The van der Waals surface area contributed by atoms with E-state index in [9.17, 15) is 9.59 Å². The zero-order chi connectivity index (χ0) is 28.4. The number of carbonyl (C=O) groups is 1. The number of halogens is 1. The third-order valence-electron chi connectivity index (χ3n) is 8.58. The fourth-order valence-corrected chi connectivity index (χ4v) is 6.44. The number of para-hydroxylation sites is 1. The molecule has 2 saturated heterocycles. The van der Waals surface area contributed by atoms with Crippen molar-refractivity contribution in [3.8, 4) is 17.2 Å². The Morgan fingerprint density at radius 1 is 0.952 bits per heavy atom. The Morgan fingerprint density at radius 2 is 1.76 bits per heavy atom. The summed E-state index contributed by atoms with van der Waals surface area (Å²) in [6.07, 6.45) is 3.91. The highest BCUT2D eigenvalue weighted by molar-refractivity contribution is 6.07. The molecule has 5 aromatic rings. The lowest BCUT2D eigenvalue weighted by Gasteiger charge is -2.29. The Balaban J connectivity index is 1.33. The molecule has 42 heavy (non-hydrogen) atoms. The van der Waals surface area contributed by atoms with Crippen LogP contribution in [0.2, 0.25) is 0 Å². The molecule has 2 fully saturated rings. The number of carbonyl (C=O) groups excluding carboxylic acids is 1. The van der Waals surface area contributed by atoms with Crippen molar-refractivity contribution in [3.05, 3.63) is 70.3 Å². The molecule has 10 heteroatoms. The fraction of sp³-hybridized carbons (Fsp3) is 0.312. The van der Waals surface area contributed by atoms with Gasteiger partial charge in [0, 0.05) is 49.2 Å². The molecule has 3 aromatic carbocycles. The van der Waals surface area contributed by atoms with Crippen molar-refractivity contribution >= 4 is 44.4 Å². The van der Waals surface area contributed by atoms with E-state index in [-0.39, 0.29) is 22.4 Å². The molecule has 3 aliphatic heterocycles. The van der Waals surface area contributed by atoms with Crippen LogP contribution in [0.25, 0.3) is 38.5 Å². The normalized spacial score (nSPS) is 16.7. The minimum Gasteiger partial charge on any atom is -0.456 e. The highest BCUT2D eigenvalue weighted by Crippen LogP contribution is 2.47. The van der Waals surface area contributed by atoms with Gasteiger partial charge in [-0.15, -0.1) is 0 Å². The van der Waals surface area contributed by atoms with Gasteiger partial charge in [-0.1, -0.05) is 18.2 Å². The molecule has 214 valence electrons. The monoisotopic (exact) mass is 568 g/mol. The van der Waals surface area contributed by atoms with Crippen LogP contribution in [0.5, 0.6) is 11.5 Å². The van der Waals surface area contributed by atoms with E-state index in [1.54, 1.807) is 15.7 Å². The molecular formula is C32H29FN4O5. The molecule has 0 radical (unpaired) electrons. The molecule has 1 amide bonds. The lowest BCUT2D eigenvalue weighted by Crippen LogP contribution is -2.42. The van der Waals surface area contributed by atoms with Gasteiger partial charge in [-0.05, 0) is 44.1 Å². The van der Waals surface area contributed by atoms with E-state index in [0.717, 1.165) is 36.0 Å². The van der Waals surface area contributed by atoms with E-state index in [0.29, 0.717) is 55.4 Å². The standard InChI is InChI=1S/C32H29FN4O5/c33-23-15-21-29-31(28(23)34-7-10-35-8-3-4-9-35)42-27-16-20-19-5-1-2-6-25(19)41-26(20)17-24(27)37(29)18-22(30(21)38)32(39)36-11-13-40-14-12-36/h1-2,5-6,15-18,34H,3-4,7-14H2. The van der Waals surface area contributed by atoms with Crippen LogP contribution in [0, 0.1) is 5.82 Å². The first-order valence-electron chi connectivity index (χ1n) is 14.5. The molecule has 0 atom stereocenters. The number of anilines is 1. The highest BCUT2D eigenvalue weighted by atomic mass is 19.1. The number of nitrogens with zero attached hydrogens (tertiary/aromatic N) is 3. The number of likely N-dealkylation sites (tertiary alicyclic amines) is 1. The van der Waals surface area contributed by atoms with Crippen LogP contribution in [0.3, 0.4) is 0 Å². The summed E-state index contributed by atoms with van der Waals surface area (Å²) in [4.78, 5) is 31.3. The van der Waals surface area contributed by atoms with Crippen molar-refractivity contribution in [2.45, 2.75) is 12.8 Å². The SMILES string of the molecule is O=C(c1cn2c3c(c(NCCN4CCCC4)c(F)cc3c1=O)Oc1cc3c(cc1-2)oc1ccccc13)N1CCOCC1. The molecule has 8 rings (SSSR count). The Labute approximate surface area is 240 Å². The highest BCUT2D eigenvalue weighted by Gasteiger charge is 2.31. The summed E-state index contributed by atoms with van der Waals surface area (Å²) in [6.45, 7) is 4.94. The number of furan rings is 1. The molecular weight excluding hydrogens is 539 g/mol. The van der Waals surface area contributed by atoms with E-state index in [1.165, 1.54) is 18.9 Å². The van der Waals surface area contributed by atoms with Crippen LogP contribution < -0.4 is 15.5 Å². The first kappa shape index (κ1) is 25.3. The lowest BCUT2D eigenvalue weighted by molar-refractivity contribution is 0.0302. The number of hydrogen-bond donors (Lipinski definition) is 1. The van der Waals surface area contributed by atoms with Gasteiger partial charge in [0.2, 0.25) is 5.43 Å². The minimum atomic E-state index is -0.600. The molecule has 0 saturated carbocycles. The van der Waals surface area contributed by atoms with Crippen LogP contribution in [-0.4, -0.2) is 72.8 Å². The maximum absolute atomic E-state index is 15.8. The number of amides is 1. The number of pyridine rings is 1. The van der Waals surface area contributed by atoms with E-state index in [2.05, 4.69) is 10.2 Å². The van der Waals surface area contributed by atoms with Crippen LogP contribution in [0.4, 0.5) is 10.1 Å². The first-order chi connectivity index (χ1) is 20.6. The van der Waals surface area contributed by atoms with Gasteiger partial charge in [-0.3, -0.25) is 9.59 Å². The molecule has 0 aliphatic carbocycles. The number of rotatable bonds is 5. The van der Waals surface area contributed by atoms with Crippen LogP contribution in [0.1, 0.15) is 23.2 Å². The Hall–Kier alpha value is -4.41. The van der Waals surface area contributed by atoms with E-state index < -0.39 is 17.2 Å². The largest absolute Gasteiger partial charge is 0.456 e. The molecule has 1 N–H and O–H groups in total. The number of fused-ring (bicyclic) bond motifs is 5. The number of hydrogen-bond acceptors (Lipinski definition) is 7. The second-order valence-electron chi connectivity index (χ2n) is 11.1. The first-order valence-corrected chi connectivity index (χ1v) is 14.5. The van der Waals surface area contributed by atoms with Crippen molar-refractivity contribution in [1.29, 1.82) is 0 Å². The summed E-state index contributed by atoms with van der Waals surface area (Å²) in [7, 11) is 0. The quantitative estimate of drug-likeness (QED) is 0.309. The predicted octanol–water partition coefficient (Wildman–Crippen LogP) is 5.12. The molecule has 2 aromatic heterocycles. The summed E-state index contributed by atoms with van der Waals surface area (Å²) in [5.41, 5.74) is 2.03. The zero-order valence-electron chi connectivity index (χ0n) is 23.0. The van der Waals surface area contributed by atoms with Gasteiger partial charge in [0.25, 0.3) is 5.91 Å². The smallest absolute Gasteiger partial charge is 0.259 e. The van der Waals surface area contributed by atoms with E-state index in [4.69, 9.17) is 13.9 Å². The number of ether oxygens (including phenoxy) is 2. The lowest BCUT2D eigenvalue weighted by atomic mass is 10.0. The van der Waals surface area contributed by atoms with Gasteiger partial charge in [-0.2, -0.15) is 0 Å². The third kappa shape index (κ3) is 3.97. The zero-order valence-corrected chi connectivity index (χ0v) is 23.0. The molecule has 5 heterocycles. The van der Waals surface area contributed by atoms with Crippen molar-refractivity contribution < 1.29 is 23.1 Å². The summed E-state index contributed by atoms with van der Waals surface area (Å²) in [5.74, 6) is -0.295. The van der Waals surface area contributed by atoms with Gasteiger partial charge >= 0.3 is 0 Å². The summed E-state index contributed by atoms with van der Waals surface area (Å²) >= 11 is 0. The van der Waals surface area contributed by atoms with Gasteiger partial charge in [-0.25, -0.2) is 4.39 Å². The molecule has 9 nitrogen and oxygen atoms in total. The maximum atomic E-state index is 15.8. The van der Waals surface area contributed by atoms with Crippen LogP contribution in [-0.2, 0) is 4.74 Å². The summed E-state index contributed by atoms with van der Waals surface area (Å²) < 4.78 is 35.6. The van der Waals surface area contributed by atoms with Crippen molar-refractivity contribution in [2.75, 3.05) is 57.8 Å². The van der Waals surface area contributed by atoms with Crippen LogP contribution >= 0.6 is 0 Å². The van der Waals surface area contributed by atoms with Gasteiger partial charge in [0.15, 0.2) is 17.3 Å².